The van der Waals surface area contributed by atoms with Gasteiger partial charge in [-0.25, -0.2) is 0 Å². The molecule has 1 aliphatic heterocycles. The Morgan fingerprint density at radius 2 is 2.12 bits per heavy atom. The molecule has 1 aromatic carbocycles. The van der Waals surface area contributed by atoms with Gasteiger partial charge in [0.2, 0.25) is 0 Å². The van der Waals surface area contributed by atoms with E-state index in [2.05, 4.69) is 16.5 Å². The van der Waals surface area contributed by atoms with Crippen LogP contribution in [-0.2, 0) is 6.42 Å². The number of rotatable bonds is 5. The second kappa shape index (κ2) is 6.76. The molecule has 1 atom stereocenters. The Morgan fingerprint density at radius 1 is 1.31 bits per heavy atom. The molecule has 0 bridgehead atoms. The Bertz CT molecular complexity index is 808. The van der Waals surface area contributed by atoms with Crippen LogP contribution in [0.1, 0.15) is 66.0 Å². The van der Waals surface area contributed by atoms with E-state index in [9.17, 15) is 9.90 Å². The number of nitrogens with zero attached hydrogens (tertiary/aromatic N) is 1. The summed E-state index contributed by atoms with van der Waals surface area (Å²) in [4.78, 5) is 12.7. The fourth-order valence-electron chi connectivity index (χ4n) is 3.66. The SMILES string of the molecule is CC(C)c1cc(C(=O)N[C@H](c2ccc3c(c2)CCO3)C2CC(O)C2)no1. The third-order valence-corrected chi connectivity index (χ3v) is 5.31. The molecule has 0 radical (unpaired) electrons. The number of hydrogen-bond acceptors (Lipinski definition) is 5. The molecule has 2 heterocycles. The van der Waals surface area contributed by atoms with Crippen molar-refractivity contribution >= 4 is 5.91 Å². The second-order valence-electron chi connectivity index (χ2n) is 7.57. The highest BCUT2D eigenvalue weighted by Gasteiger charge is 2.36. The highest BCUT2D eigenvalue weighted by Crippen LogP contribution is 2.40. The molecule has 0 spiro atoms. The van der Waals surface area contributed by atoms with Crippen LogP contribution in [0.4, 0.5) is 0 Å². The minimum atomic E-state index is -0.281. The lowest BCUT2D eigenvalue weighted by Crippen LogP contribution is -2.41. The van der Waals surface area contributed by atoms with Crippen LogP contribution in [0.15, 0.2) is 28.8 Å². The van der Waals surface area contributed by atoms with Crippen molar-refractivity contribution in [3.8, 4) is 5.75 Å². The zero-order chi connectivity index (χ0) is 18.3. The van der Waals surface area contributed by atoms with Gasteiger partial charge in [0.15, 0.2) is 5.69 Å². The Kier molecular flexibility index (Phi) is 4.44. The van der Waals surface area contributed by atoms with Crippen molar-refractivity contribution in [1.82, 2.24) is 10.5 Å². The molecule has 6 heteroatoms. The van der Waals surface area contributed by atoms with Crippen LogP contribution in [0.3, 0.4) is 0 Å². The van der Waals surface area contributed by atoms with Gasteiger partial charge in [-0.15, -0.1) is 0 Å². The van der Waals surface area contributed by atoms with Crippen molar-refractivity contribution in [3.05, 3.63) is 46.8 Å². The first kappa shape index (κ1) is 17.1. The standard InChI is InChI=1S/C20H24N2O4/c1-11(2)18-10-16(22-26-18)20(24)21-19(14-8-15(23)9-14)13-3-4-17-12(7-13)5-6-25-17/h3-4,7,10-11,14-15,19,23H,5-6,8-9H2,1-2H3,(H,21,24)/t14?,15?,19-/m1/s1. The predicted octanol–water partition coefficient (Wildman–Crippen LogP) is 2.97. The first-order valence-corrected chi connectivity index (χ1v) is 9.22. The molecule has 26 heavy (non-hydrogen) atoms. The fraction of sp³-hybridized carbons (Fsp3) is 0.500. The average molecular weight is 356 g/mol. The average Bonchev–Trinajstić information content (AvgIpc) is 3.25. The van der Waals surface area contributed by atoms with E-state index in [0.29, 0.717) is 30.9 Å². The van der Waals surface area contributed by atoms with Gasteiger partial charge in [0.05, 0.1) is 18.8 Å². The van der Waals surface area contributed by atoms with Crippen LogP contribution in [-0.4, -0.2) is 28.9 Å². The number of carbonyl (C=O) groups is 1. The van der Waals surface area contributed by atoms with E-state index in [1.165, 1.54) is 5.56 Å². The van der Waals surface area contributed by atoms with Gasteiger partial charge in [-0.2, -0.15) is 0 Å². The molecule has 2 aliphatic rings. The van der Waals surface area contributed by atoms with Gasteiger partial charge in [0.25, 0.3) is 5.91 Å². The second-order valence-corrected chi connectivity index (χ2v) is 7.57. The number of aliphatic hydroxyl groups excluding tert-OH is 1. The summed E-state index contributed by atoms with van der Waals surface area (Å²) in [6, 6.07) is 7.63. The number of fused-ring (bicyclic) bond motifs is 1. The lowest BCUT2D eigenvalue weighted by atomic mass is 9.74. The molecular formula is C20H24N2O4. The van der Waals surface area contributed by atoms with Crippen molar-refractivity contribution in [1.29, 1.82) is 0 Å². The van der Waals surface area contributed by atoms with E-state index in [-0.39, 0.29) is 29.9 Å². The summed E-state index contributed by atoms with van der Waals surface area (Å²) in [7, 11) is 0. The Balaban J connectivity index is 1.56. The van der Waals surface area contributed by atoms with E-state index in [1.54, 1.807) is 6.07 Å². The van der Waals surface area contributed by atoms with Gasteiger partial charge in [-0.05, 0) is 42.0 Å². The maximum atomic E-state index is 12.7. The van der Waals surface area contributed by atoms with Crippen molar-refractivity contribution in [2.24, 2.45) is 5.92 Å². The van der Waals surface area contributed by atoms with Crippen molar-refractivity contribution < 1.29 is 19.2 Å². The summed E-state index contributed by atoms with van der Waals surface area (Å²) in [5.41, 5.74) is 2.51. The van der Waals surface area contributed by atoms with Crippen molar-refractivity contribution in [2.45, 2.75) is 51.2 Å². The monoisotopic (exact) mass is 356 g/mol. The van der Waals surface area contributed by atoms with Gasteiger partial charge in [-0.1, -0.05) is 25.1 Å². The molecule has 2 aromatic rings. The van der Waals surface area contributed by atoms with Gasteiger partial charge < -0.3 is 19.7 Å². The molecule has 1 amide bonds. The highest BCUT2D eigenvalue weighted by molar-refractivity contribution is 5.92. The van der Waals surface area contributed by atoms with Crippen molar-refractivity contribution in [3.63, 3.8) is 0 Å². The first-order chi connectivity index (χ1) is 12.5. The normalized spacial score (nSPS) is 22.5. The largest absolute Gasteiger partial charge is 0.493 e. The molecule has 1 saturated carbocycles. The van der Waals surface area contributed by atoms with Gasteiger partial charge >= 0.3 is 0 Å². The zero-order valence-corrected chi connectivity index (χ0v) is 15.1. The Morgan fingerprint density at radius 3 is 2.81 bits per heavy atom. The number of aliphatic hydroxyl groups is 1. The Hall–Kier alpha value is -2.34. The van der Waals surface area contributed by atoms with Gasteiger partial charge in [0.1, 0.15) is 11.5 Å². The molecular weight excluding hydrogens is 332 g/mol. The summed E-state index contributed by atoms with van der Waals surface area (Å²) in [5, 5.41) is 16.7. The van der Waals surface area contributed by atoms with Crippen LogP contribution < -0.4 is 10.1 Å². The number of ether oxygens (including phenoxy) is 1. The molecule has 2 N–H and O–H groups in total. The van der Waals surface area contributed by atoms with Crippen molar-refractivity contribution in [2.75, 3.05) is 6.61 Å². The smallest absolute Gasteiger partial charge is 0.273 e. The molecule has 0 unspecified atom stereocenters. The number of hydrogen-bond donors (Lipinski definition) is 2. The molecule has 1 fully saturated rings. The third kappa shape index (κ3) is 3.21. The fourth-order valence-corrected chi connectivity index (χ4v) is 3.66. The molecule has 4 rings (SSSR count). The summed E-state index contributed by atoms with van der Waals surface area (Å²) in [6.45, 7) is 4.69. The van der Waals surface area contributed by atoms with E-state index in [0.717, 1.165) is 17.7 Å². The lowest BCUT2D eigenvalue weighted by molar-refractivity contribution is 0.0234. The third-order valence-electron chi connectivity index (χ3n) is 5.31. The van der Waals surface area contributed by atoms with E-state index in [1.807, 2.05) is 26.0 Å². The van der Waals surface area contributed by atoms with E-state index < -0.39 is 0 Å². The molecule has 1 aromatic heterocycles. The minimum Gasteiger partial charge on any atom is -0.493 e. The zero-order valence-electron chi connectivity index (χ0n) is 15.1. The van der Waals surface area contributed by atoms with Crippen LogP contribution in [0.2, 0.25) is 0 Å². The summed E-state index contributed by atoms with van der Waals surface area (Å²) in [6.07, 6.45) is 1.98. The van der Waals surface area contributed by atoms with Gasteiger partial charge in [0, 0.05) is 18.4 Å². The van der Waals surface area contributed by atoms with Crippen LogP contribution in [0, 0.1) is 5.92 Å². The van der Waals surface area contributed by atoms with E-state index >= 15 is 0 Å². The maximum absolute atomic E-state index is 12.7. The number of carbonyl (C=O) groups excluding carboxylic acids is 1. The predicted molar refractivity (Wildman–Crippen MR) is 95.2 cm³/mol. The highest BCUT2D eigenvalue weighted by atomic mass is 16.5. The quantitative estimate of drug-likeness (QED) is 0.860. The molecule has 138 valence electrons. The summed E-state index contributed by atoms with van der Waals surface area (Å²) >= 11 is 0. The van der Waals surface area contributed by atoms with E-state index in [4.69, 9.17) is 9.26 Å². The molecule has 6 nitrogen and oxygen atoms in total. The first-order valence-electron chi connectivity index (χ1n) is 9.22. The summed E-state index contributed by atoms with van der Waals surface area (Å²) in [5.74, 6) is 1.76. The number of aromatic nitrogens is 1. The van der Waals surface area contributed by atoms with Crippen LogP contribution in [0.25, 0.3) is 0 Å². The molecule has 1 aliphatic carbocycles. The van der Waals surface area contributed by atoms with Crippen LogP contribution >= 0.6 is 0 Å². The van der Waals surface area contributed by atoms with Crippen LogP contribution in [0.5, 0.6) is 5.75 Å². The molecule has 0 saturated heterocycles. The number of benzene rings is 1. The lowest BCUT2D eigenvalue weighted by Gasteiger charge is -2.38. The topological polar surface area (TPSA) is 84.6 Å². The minimum absolute atomic E-state index is 0.156. The summed E-state index contributed by atoms with van der Waals surface area (Å²) < 4.78 is 10.8. The maximum Gasteiger partial charge on any atom is 0.273 e. The van der Waals surface area contributed by atoms with Gasteiger partial charge in [-0.3, -0.25) is 4.79 Å². The Labute approximate surface area is 152 Å². The number of nitrogens with one attached hydrogen (secondary N) is 1. The number of amides is 1.